The Morgan fingerprint density at radius 3 is 2.84 bits per heavy atom. The van der Waals surface area contributed by atoms with Crippen molar-refractivity contribution < 1.29 is 9.21 Å². The first-order valence-corrected chi connectivity index (χ1v) is 11.0. The Labute approximate surface area is 191 Å². The summed E-state index contributed by atoms with van der Waals surface area (Å²) in [5, 5.41) is 3.42. The number of anilines is 2. The molecule has 1 N–H and O–H groups in total. The normalized spacial score (nSPS) is 18.1. The van der Waals surface area contributed by atoms with E-state index >= 15 is 0 Å². The zero-order chi connectivity index (χ0) is 22.2. The van der Waals surface area contributed by atoms with Crippen LogP contribution < -0.4 is 10.2 Å². The van der Waals surface area contributed by atoms with Crippen molar-refractivity contribution in [3.8, 4) is 11.5 Å². The van der Waals surface area contributed by atoms with Crippen molar-refractivity contribution in [3.63, 3.8) is 0 Å². The molecule has 0 unspecified atom stereocenters. The van der Waals surface area contributed by atoms with Gasteiger partial charge in [0.05, 0.1) is 18.0 Å². The van der Waals surface area contributed by atoms with Crippen LogP contribution >= 0.6 is 11.6 Å². The lowest BCUT2D eigenvalue weighted by molar-refractivity contribution is -0.110. The number of nitrogens with one attached hydrogen (secondary N) is 1. The molecule has 1 saturated heterocycles. The van der Waals surface area contributed by atoms with Crippen molar-refractivity contribution in [1.29, 1.82) is 0 Å². The molecule has 1 fully saturated rings. The van der Waals surface area contributed by atoms with Gasteiger partial charge in [-0.1, -0.05) is 11.6 Å². The number of hydrogen-bond acceptors (Lipinski definition) is 6. The number of rotatable bonds is 4. The number of furan rings is 1. The number of halogens is 1. The number of hydrogen-bond donors (Lipinski definition) is 1. The van der Waals surface area contributed by atoms with Gasteiger partial charge in [-0.15, -0.1) is 0 Å². The molecule has 0 atom stereocenters. The molecular formula is C24H24ClN5O2. The lowest BCUT2D eigenvalue weighted by Gasteiger charge is -2.35. The van der Waals surface area contributed by atoms with Crippen molar-refractivity contribution in [3.05, 3.63) is 59.1 Å². The van der Waals surface area contributed by atoms with Crippen LogP contribution in [0.1, 0.15) is 24.2 Å². The maximum atomic E-state index is 12.4. The average molecular weight is 450 g/mol. The van der Waals surface area contributed by atoms with Gasteiger partial charge >= 0.3 is 0 Å². The van der Waals surface area contributed by atoms with E-state index in [1.54, 1.807) is 36.7 Å². The van der Waals surface area contributed by atoms with Gasteiger partial charge in [-0.25, -0.2) is 4.98 Å². The highest BCUT2D eigenvalue weighted by Crippen LogP contribution is 2.35. The maximum Gasteiger partial charge on any atom is 0.256 e. The van der Waals surface area contributed by atoms with Crippen molar-refractivity contribution in [2.45, 2.75) is 18.9 Å². The number of carbonyl (C=O) groups excluding carboxylic acids is 1. The molecule has 7 nitrogen and oxygen atoms in total. The summed E-state index contributed by atoms with van der Waals surface area (Å²) in [5.41, 5.74) is 2.69. The third-order valence-corrected chi connectivity index (χ3v) is 6.38. The SMILES string of the molecule is CN1CCC(N(C)c2cncc(-c3ccc(C=C4C(=O)Nc5ccc(Cl)cc54)o3)n2)CC1. The van der Waals surface area contributed by atoms with Gasteiger partial charge in [-0.05, 0) is 69.4 Å². The van der Waals surface area contributed by atoms with Gasteiger partial charge in [0.2, 0.25) is 0 Å². The third-order valence-electron chi connectivity index (χ3n) is 6.15. The average Bonchev–Trinajstić information content (AvgIpc) is 3.39. The zero-order valence-electron chi connectivity index (χ0n) is 18.0. The highest BCUT2D eigenvalue weighted by Gasteiger charge is 2.25. The van der Waals surface area contributed by atoms with E-state index < -0.39 is 0 Å². The number of likely N-dealkylation sites (tertiary alicyclic amines) is 1. The number of nitrogens with zero attached hydrogens (tertiary/aromatic N) is 4. The van der Waals surface area contributed by atoms with E-state index in [-0.39, 0.29) is 5.91 Å². The number of benzene rings is 1. The predicted octanol–water partition coefficient (Wildman–Crippen LogP) is 4.41. The van der Waals surface area contributed by atoms with Crippen molar-refractivity contribution in [2.24, 2.45) is 0 Å². The number of piperidine rings is 1. The Hall–Kier alpha value is -3.16. The fourth-order valence-electron chi connectivity index (χ4n) is 4.23. The van der Waals surface area contributed by atoms with Crippen molar-refractivity contribution in [2.75, 3.05) is 37.4 Å². The fraction of sp³-hybridized carbons (Fsp3) is 0.292. The van der Waals surface area contributed by atoms with E-state index in [0.717, 1.165) is 43.0 Å². The molecular weight excluding hydrogens is 426 g/mol. The van der Waals surface area contributed by atoms with E-state index in [1.165, 1.54) is 0 Å². The first-order chi connectivity index (χ1) is 15.5. The van der Waals surface area contributed by atoms with Crippen molar-refractivity contribution >= 4 is 40.7 Å². The van der Waals surface area contributed by atoms with E-state index in [9.17, 15) is 4.79 Å². The Bertz CT molecular complexity index is 1200. The molecule has 0 radical (unpaired) electrons. The fourth-order valence-corrected chi connectivity index (χ4v) is 4.40. The Morgan fingerprint density at radius 1 is 1.22 bits per heavy atom. The van der Waals surface area contributed by atoms with Gasteiger partial charge in [0.15, 0.2) is 5.76 Å². The van der Waals surface area contributed by atoms with Crippen LogP contribution in [0, 0.1) is 0 Å². The number of amides is 1. The van der Waals surface area contributed by atoms with Crippen LogP contribution in [0.25, 0.3) is 23.1 Å². The lowest BCUT2D eigenvalue weighted by atomic mass is 10.0. The Balaban J connectivity index is 1.39. The zero-order valence-corrected chi connectivity index (χ0v) is 18.8. The second kappa shape index (κ2) is 8.41. The summed E-state index contributed by atoms with van der Waals surface area (Å²) in [5.74, 6) is 1.82. The summed E-state index contributed by atoms with van der Waals surface area (Å²) in [4.78, 5) is 26.1. The molecule has 1 amide bonds. The number of fused-ring (bicyclic) bond motifs is 1. The Kier molecular flexibility index (Phi) is 5.45. The summed E-state index contributed by atoms with van der Waals surface area (Å²) in [6.07, 6.45) is 7.41. The van der Waals surface area contributed by atoms with Gasteiger partial charge < -0.3 is 19.5 Å². The van der Waals surface area contributed by atoms with Crippen LogP contribution in [0.15, 0.2) is 47.1 Å². The topological polar surface area (TPSA) is 74.5 Å². The molecule has 2 aromatic heterocycles. The van der Waals surface area contributed by atoms with Gasteiger partial charge in [0.1, 0.15) is 17.3 Å². The minimum atomic E-state index is -0.179. The van der Waals surface area contributed by atoms with Crippen LogP contribution in [-0.2, 0) is 4.79 Å². The minimum absolute atomic E-state index is 0.179. The van der Waals surface area contributed by atoms with Crippen LogP contribution in [0.3, 0.4) is 0 Å². The number of carbonyl (C=O) groups is 1. The molecule has 0 aliphatic carbocycles. The van der Waals surface area contributed by atoms with E-state index in [1.807, 2.05) is 12.1 Å². The number of aromatic nitrogens is 2. The van der Waals surface area contributed by atoms with Gasteiger partial charge in [0, 0.05) is 29.4 Å². The highest BCUT2D eigenvalue weighted by atomic mass is 35.5. The second-order valence-electron chi connectivity index (χ2n) is 8.31. The van der Waals surface area contributed by atoms with Crippen LogP contribution in [0.2, 0.25) is 5.02 Å². The summed E-state index contributed by atoms with van der Waals surface area (Å²) < 4.78 is 6.00. The smallest absolute Gasteiger partial charge is 0.256 e. The quantitative estimate of drug-likeness (QED) is 0.594. The molecule has 0 saturated carbocycles. The molecule has 0 spiro atoms. The van der Waals surface area contributed by atoms with Crippen LogP contribution in [0.5, 0.6) is 0 Å². The standard InChI is InChI=1S/C24H24ClN5O2/c1-29-9-7-16(8-10-29)30(2)23-14-26-13-21(27-23)22-6-4-17(32-22)12-19-18-11-15(25)3-5-20(18)28-24(19)31/h3-6,11-14,16H,7-10H2,1-2H3,(H,28,31). The second-order valence-corrected chi connectivity index (χ2v) is 8.75. The molecule has 0 bridgehead atoms. The summed E-state index contributed by atoms with van der Waals surface area (Å²) >= 11 is 6.12. The van der Waals surface area contributed by atoms with Gasteiger partial charge in [0.25, 0.3) is 5.91 Å². The molecule has 4 heterocycles. The summed E-state index contributed by atoms with van der Waals surface area (Å²) in [6.45, 7) is 2.17. The summed E-state index contributed by atoms with van der Waals surface area (Å²) in [7, 11) is 4.23. The predicted molar refractivity (Wildman–Crippen MR) is 127 cm³/mol. The van der Waals surface area contributed by atoms with Crippen molar-refractivity contribution in [1.82, 2.24) is 14.9 Å². The molecule has 1 aromatic carbocycles. The monoisotopic (exact) mass is 449 g/mol. The molecule has 8 heteroatoms. The molecule has 5 rings (SSSR count). The molecule has 2 aliphatic rings. The van der Waals surface area contributed by atoms with E-state index in [4.69, 9.17) is 21.0 Å². The molecule has 164 valence electrons. The first-order valence-electron chi connectivity index (χ1n) is 10.6. The first kappa shape index (κ1) is 20.7. The molecule has 3 aromatic rings. The van der Waals surface area contributed by atoms with Crippen LogP contribution in [0.4, 0.5) is 11.5 Å². The Morgan fingerprint density at radius 2 is 2.03 bits per heavy atom. The van der Waals surface area contributed by atoms with Gasteiger partial charge in [-0.2, -0.15) is 0 Å². The highest BCUT2D eigenvalue weighted by molar-refractivity contribution is 6.36. The summed E-state index contributed by atoms with van der Waals surface area (Å²) in [6, 6.07) is 9.45. The third kappa shape index (κ3) is 4.01. The van der Waals surface area contributed by atoms with E-state index in [2.05, 4.69) is 34.2 Å². The molecule has 2 aliphatic heterocycles. The van der Waals surface area contributed by atoms with Gasteiger partial charge in [-0.3, -0.25) is 9.78 Å². The maximum absolute atomic E-state index is 12.4. The molecule has 32 heavy (non-hydrogen) atoms. The lowest BCUT2D eigenvalue weighted by Crippen LogP contribution is -2.42. The van der Waals surface area contributed by atoms with E-state index in [0.29, 0.717) is 33.9 Å². The largest absolute Gasteiger partial charge is 0.455 e. The minimum Gasteiger partial charge on any atom is -0.455 e. The van der Waals surface area contributed by atoms with Crippen LogP contribution in [-0.4, -0.2) is 54.0 Å².